The van der Waals surface area contributed by atoms with Crippen LogP contribution in [0.25, 0.3) is 0 Å². The monoisotopic (exact) mass is 192 g/mol. The van der Waals surface area contributed by atoms with Crippen LogP contribution in [-0.4, -0.2) is 21.3 Å². The van der Waals surface area contributed by atoms with E-state index in [1.54, 1.807) is 13.0 Å². The van der Waals surface area contributed by atoms with Gasteiger partial charge in [-0.2, -0.15) is 10.2 Å². The van der Waals surface area contributed by atoms with E-state index in [-0.39, 0.29) is 5.56 Å². The summed E-state index contributed by atoms with van der Waals surface area (Å²) >= 11 is 0. The van der Waals surface area contributed by atoms with Crippen LogP contribution in [0.4, 0.5) is 0 Å². The van der Waals surface area contributed by atoms with Crippen LogP contribution in [0.1, 0.15) is 46.9 Å². The summed E-state index contributed by atoms with van der Waals surface area (Å²) < 4.78 is 0. The molecular weight excluding hydrogens is 180 g/mol. The van der Waals surface area contributed by atoms with Crippen LogP contribution in [-0.2, 0) is 0 Å². The first-order chi connectivity index (χ1) is 6.68. The number of carboxylic acids is 1. The van der Waals surface area contributed by atoms with E-state index in [0.717, 1.165) is 18.5 Å². The normalized spacial score (nSPS) is 16.4. The lowest BCUT2D eigenvalue weighted by molar-refractivity contribution is 0.0695. The van der Waals surface area contributed by atoms with Crippen molar-refractivity contribution in [3.63, 3.8) is 0 Å². The molecule has 0 saturated heterocycles. The minimum absolute atomic E-state index is 0.280. The van der Waals surface area contributed by atoms with Crippen LogP contribution in [0.3, 0.4) is 0 Å². The molecule has 1 aliphatic carbocycles. The molecule has 14 heavy (non-hydrogen) atoms. The number of aryl methyl sites for hydroxylation is 1. The third kappa shape index (κ3) is 1.47. The molecule has 0 unspecified atom stereocenters. The largest absolute Gasteiger partial charge is 0.478 e. The predicted molar refractivity (Wildman–Crippen MR) is 50.3 cm³/mol. The number of rotatable bonds is 2. The number of carbonyl (C=O) groups is 1. The van der Waals surface area contributed by atoms with Crippen molar-refractivity contribution in [1.82, 2.24) is 10.2 Å². The molecule has 1 aromatic rings. The summed E-state index contributed by atoms with van der Waals surface area (Å²) in [6, 6.07) is 1.66. The van der Waals surface area contributed by atoms with Gasteiger partial charge in [-0.25, -0.2) is 4.79 Å². The third-order valence-electron chi connectivity index (χ3n) is 2.75. The minimum atomic E-state index is -0.919. The van der Waals surface area contributed by atoms with Crippen molar-refractivity contribution in [3.05, 3.63) is 23.0 Å². The fraction of sp³-hybridized carbons (Fsp3) is 0.500. The van der Waals surface area contributed by atoms with Gasteiger partial charge in [-0.05, 0) is 25.8 Å². The molecule has 1 saturated carbocycles. The Morgan fingerprint density at radius 2 is 2.21 bits per heavy atom. The average molecular weight is 192 g/mol. The van der Waals surface area contributed by atoms with Gasteiger partial charge in [0.2, 0.25) is 0 Å². The summed E-state index contributed by atoms with van der Waals surface area (Å²) in [5, 5.41) is 16.8. The zero-order chi connectivity index (χ0) is 10.1. The highest BCUT2D eigenvalue weighted by Crippen LogP contribution is 2.35. The van der Waals surface area contributed by atoms with Gasteiger partial charge < -0.3 is 5.11 Å². The predicted octanol–water partition coefficient (Wildman–Crippen LogP) is 1.75. The Morgan fingerprint density at radius 1 is 1.50 bits per heavy atom. The van der Waals surface area contributed by atoms with Crippen molar-refractivity contribution in [2.75, 3.05) is 0 Å². The first-order valence-electron chi connectivity index (χ1n) is 4.76. The number of carboxylic acid groups (broad SMARTS) is 1. The molecule has 1 aromatic heterocycles. The minimum Gasteiger partial charge on any atom is -0.478 e. The SMILES string of the molecule is Cc1nnc(C2CCC2)cc1C(=O)O. The molecule has 4 nitrogen and oxygen atoms in total. The molecule has 0 amide bonds. The summed E-state index contributed by atoms with van der Waals surface area (Å²) in [5.41, 5.74) is 1.60. The molecule has 74 valence electrons. The highest BCUT2D eigenvalue weighted by atomic mass is 16.4. The molecule has 0 aliphatic heterocycles. The summed E-state index contributed by atoms with van der Waals surface area (Å²) in [6.45, 7) is 1.67. The van der Waals surface area contributed by atoms with E-state index in [1.807, 2.05) is 0 Å². The number of hydrogen-bond acceptors (Lipinski definition) is 3. The lowest BCUT2D eigenvalue weighted by Gasteiger charge is -2.24. The Labute approximate surface area is 82.0 Å². The van der Waals surface area contributed by atoms with Gasteiger partial charge in [0, 0.05) is 5.92 Å². The van der Waals surface area contributed by atoms with Gasteiger partial charge in [0.05, 0.1) is 17.0 Å². The van der Waals surface area contributed by atoms with E-state index in [0.29, 0.717) is 11.6 Å². The molecule has 1 aliphatic rings. The van der Waals surface area contributed by atoms with Gasteiger partial charge in [0.25, 0.3) is 0 Å². The van der Waals surface area contributed by atoms with Crippen molar-refractivity contribution in [1.29, 1.82) is 0 Å². The summed E-state index contributed by atoms with van der Waals surface area (Å²) in [4.78, 5) is 10.8. The number of aromatic nitrogens is 2. The fourth-order valence-electron chi connectivity index (χ4n) is 1.59. The Bertz CT molecular complexity index is 372. The van der Waals surface area contributed by atoms with Crippen molar-refractivity contribution in [3.8, 4) is 0 Å². The Hall–Kier alpha value is -1.45. The van der Waals surface area contributed by atoms with Gasteiger partial charge in [-0.3, -0.25) is 0 Å². The van der Waals surface area contributed by atoms with E-state index in [1.165, 1.54) is 6.42 Å². The maximum absolute atomic E-state index is 10.8. The third-order valence-corrected chi connectivity index (χ3v) is 2.75. The molecule has 2 rings (SSSR count). The smallest absolute Gasteiger partial charge is 0.337 e. The van der Waals surface area contributed by atoms with E-state index >= 15 is 0 Å². The molecule has 1 fully saturated rings. The van der Waals surface area contributed by atoms with Crippen molar-refractivity contribution in [2.24, 2.45) is 0 Å². The highest BCUT2D eigenvalue weighted by molar-refractivity contribution is 5.88. The Balaban J connectivity index is 2.34. The maximum Gasteiger partial charge on any atom is 0.337 e. The molecule has 1 heterocycles. The average Bonchev–Trinajstić information content (AvgIpc) is 2.04. The first kappa shape index (κ1) is 9.12. The van der Waals surface area contributed by atoms with E-state index in [4.69, 9.17) is 5.11 Å². The van der Waals surface area contributed by atoms with E-state index < -0.39 is 5.97 Å². The van der Waals surface area contributed by atoms with Crippen molar-refractivity contribution >= 4 is 5.97 Å². The van der Waals surface area contributed by atoms with Gasteiger partial charge in [-0.15, -0.1) is 0 Å². The van der Waals surface area contributed by atoms with Crippen LogP contribution >= 0.6 is 0 Å². The Kier molecular flexibility index (Phi) is 2.19. The molecule has 0 aromatic carbocycles. The standard InChI is InChI=1S/C10H12N2O2/c1-6-8(10(13)14)5-9(12-11-6)7-3-2-4-7/h5,7H,2-4H2,1H3,(H,13,14). The fourth-order valence-corrected chi connectivity index (χ4v) is 1.59. The quantitative estimate of drug-likeness (QED) is 0.775. The maximum atomic E-state index is 10.8. The van der Waals surface area contributed by atoms with Crippen LogP contribution in [0.5, 0.6) is 0 Å². The summed E-state index contributed by atoms with van der Waals surface area (Å²) in [7, 11) is 0. The number of aromatic carboxylic acids is 1. The second-order valence-corrected chi connectivity index (χ2v) is 3.70. The second kappa shape index (κ2) is 3.36. The lowest BCUT2D eigenvalue weighted by Crippen LogP contribution is -2.14. The highest BCUT2D eigenvalue weighted by Gasteiger charge is 2.23. The Morgan fingerprint density at radius 3 is 2.71 bits per heavy atom. The van der Waals surface area contributed by atoms with E-state index in [9.17, 15) is 4.79 Å². The number of nitrogens with zero attached hydrogens (tertiary/aromatic N) is 2. The molecule has 0 bridgehead atoms. The molecule has 0 radical (unpaired) electrons. The van der Waals surface area contributed by atoms with Gasteiger partial charge in [-0.1, -0.05) is 6.42 Å². The zero-order valence-electron chi connectivity index (χ0n) is 8.03. The summed E-state index contributed by atoms with van der Waals surface area (Å²) in [6.07, 6.45) is 3.43. The lowest BCUT2D eigenvalue weighted by atomic mass is 9.82. The van der Waals surface area contributed by atoms with Crippen LogP contribution in [0, 0.1) is 6.92 Å². The van der Waals surface area contributed by atoms with E-state index in [2.05, 4.69) is 10.2 Å². The molecule has 0 atom stereocenters. The number of hydrogen-bond donors (Lipinski definition) is 1. The summed E-state index contributed by atoms with van der Waals surface area (Å²) in [5.74, 6) is -0.487. The zero-order valence-corrected chi connectivity index (χ0v) is 8.03. The van der Waals surface area contributed by atoms with Crippen molar-refractivity contribution < 1.29 is 9.90 Å². The van der Waals surface area contributed by atoms with Crippen LogP contribution in [0.15, 0.2) is 6.07 Å². The first-order valence-corrected chi connectivity index (χ1v) is 4.76. The van der Waals surface area contributed by atoms with Crippen LogP contribution in [0.2, 0.25) is 0 Å². The van der Waals surface area contributed by atoms with Crippen molar-refractivity contribution in [2.45, 2.75) is 32.1 Å². The van der Waals surface area contributed by atoms with Gasteiger partial charge in [0.15, 0.2) is 0 Å². The van der Waals surface area contributed by atoms with Gasteiger partial charge >= 0.3 is 5.97 Å². The topological polar surface area (TPSA) is 63.1 Å². The molecular formula is C10H12N2O2. The second-order valence-electron chi connectivity index (χ2n) is 3.70. The molecule has 1 N–H and O–H groups in total. The molecule has 4 heteroatoms. The van der Waals surface area contributed by atoms with Crippen LogP contribution < -0.4 is 0 Å². The molecule has 0 spiro atoms. The van der Waals surface area contributed by atoms with Gasteiger partial charge in [0.1, 0.15) is 0 Å².